The molecule has 2 aromatic carbocycles. The highest BCUT2D eigenvalue weighted by Crippen LogP contribution is 2.35. The average molecular weight is 311 g/mol. The van der Waals surface area contributed by atoms with E-state index in [0.717, 1.165) is 29.5 Å². The van der Waals surface area contributed by atoms with E-state index in [0.29, 0.717) is 4.90 Å². The SMILES string of the molecule is CS(=O)(=O)c1cccc(-c2cccc3c4c([nH]c23)CCC4)c1. The quantitative estimate of drug-likeness (QED) is 0.784. The number of aromatic nitrogens is 1. The molecule has 1 heterocycles. The van der Waals surface area contributed by atoms with Crippen molar-refractivity contribution in [2.45, 2.75) is 24.2 Å². The molecule has 0 atom stereocenters. The van der Waals surface area contributed by atoms with Crippen molar-refractivity contribution in [1.29, 1.82) is 0 Å². The highest BCUT2D eigenvalue weighted by molar-refractivity contribution is 7.90. The Morgan fingerprint density at radius 3 is 2.68 bits per heavy atom. The van der Waals surface area contributed by atoms with Gasteiger partial charge < -0.3 is 4.98 Å². The summed E-state index contributed by atoms with van der Waals surface area (Å²) in [6.07, 6.45) is 4.69. The highest BCUT2D eigenvalue weighted by Gasteiger charge is 2.19. The molecule has 3 nitrogen and oxygen atoms in total. The lowest BCUT2D eigenvalue weighted by atomic mass is 10.0. The van der Waals surface area contributed by atoms with Gasteiger partial charge in [-0.1, -0.05) is 30.3 Å². The topological polar surface area (TPSA) is 49.9 Å². The van der Waals surface area contributed by atoms with E-state index in [-0.39, 0.29) is 0 Å². The second-order valence-electron chi connectivity index (χ2n) is 5.96. The highest BCUT2D eigenvalue weighted by atomic mass is 32.2. The van der Waals surface area contributed by atoms with E-state index in [4.69, 9.17) is 0 Å². The summed E-state index contributed by atoms with van der Waals surface area (Å²) in [6.45, 7) is 0. The van der Waals surface area contributed by atoms with Gasteiger partial charge in [0.25, 0.3) is 0 Å². The van der Waals surface area contributed by atoms with E-state index in [1.165, 1.54) is 29.3 Å². The lowest BCUT2D eigenvalue weighted by molar-refractivity contribution is 0.602. The van der Waals surface area contributed by atoms with Gasteiger partial charge in [-0.3, -0.25) is 0 Å². The molecule has 0 aliphatic heterocycles. The van der Waals surface area contributed by atoms with Gasteiger partial charge in [-0.05, 0) is 42.5 Å². The Morgan fingerprint density at radius 2 is 1.86 bits per heavy atom. The number of aryl methyl sites for hydroxylation is 2. The molecule has 4 rings (SSSR count). The molecular formula is C18H17NO2S. The zero-order valence-corrected chi connectivity index (χ0v) is 13.2. The van der Waals surface area contributed by atoms with Crippen molar-refractivity contribution in [2.24, 2.45) is 0 Å². The van der Waals surface area contributed by atoms with Crippen molar-refractivity contribution in [1.82, 2.24) is 4.98 Å². The molecule has 0 saturated heterocycles. The number of hydrogen-bond donors (Lipinski definition) is 1. The largest absolute Gasteiger partial charge is 0.358 e. The lowest BCUT2D eigenvalue weighted by Gasteiger charge is -2.06. The van der Waals surface area contributed by atoms with Crippen LogP contribution in [0.5, 0.6) is 0 Å². The van der Waals surface area contributed by atoms with E-state index in [9.17, 15) is 8.42 Å². The van der Waals surface area contributed by atoms with Crippen molar-refractivity contribution in [3.63, 3.8) is 0 Å². The number of aromatic amines is 1. The van der Waals surface area contributed by atoms with E-state index in [2.05, 4.69) is 23.2 Å². The molecule has 0 radical (unpaired) electrons. The summed E-state index contributed by atoms with van der Waals surface area (Å²) < 4.78 is 23.6. The fraction of sp³-hybridized carbons (Fsp3) is 0.222. The number of nitrogens with one attached hydrogen (secondary N) is 1. The monoisotopic (exact) mass is 311 g/mol. The minimum absolute atomic E-state index is 0.362. The van der Waals surface area contributed by atoms with Crippen LogP contribution in [0.25, 0.3) is 22.0 Å². The summed E-state index contributed by atoms with van der Waals surface area (Å²) in [6, 6.07) is 13.4. The smallest absolute Gasteiger partial charge is 0.175 e. The van der Waals surface area contributed by atoms with Gasteiger partial charge >= 0.3 is 0 Å². The zero-order valence-electron chi connectivity index (χ0n) is 12.4. The van der Waals surface area contributed by atoms with Crippen LogP contribution in [-0.2, 0) is 22.7 Å². The Hall–Kier alpha value is -2.07. The first-order valence-electron chi connectivity index (χ1n) is 7.47. The van der Waals surface area contributed by atoms with Gasteiger partial charge in [-0.25, -0.2) is 8.42 Å². The molecule has 1 N–H and O–H groups in total. The van der Waals surface area contributed by atoms with Crippen LogP contribution >= 0.6 is 0 Å². The van der Waals surface area contributed by atoms with E-state index in [1.807, 2.05) is 6.07 Å². The Morgan fingerprint density at radius 1 is 1.05 bits per heavy atom. The third-order valence-corrected chi connectivity index (χ3v) is 5.57. The van der Waals surface area contributed by atoms with Gasteiger partial charge in [-0.15, -0.1) is 0 Å². The number of para-hydroxylation sites is 1. The molecule has 1 aromatic heterocycles. The Labute approximate surface area is 129 Å². The van der Waals surface area contributed by atoms with Crippen LogP contribution < -0.4 is 0 Å². The number of benzene rings is 2. The summed E-state index contributed by atoms with van der Waals surface area (Å²) in [7, 11) is -3.19. The van der Waals surface area contributed by atoms with Crippen LogP contribution in [0.2, 0.25) is 0 Å². The fourth-order valence-corrected chi connectivity index (χ4v) is 4.07. The van der Waals surface area contributed by atoms with E-state index in [1.54, 1.807) is 18.2 Å². The van der Waals surface area contributed by atoms with Crippen LogP contribution in [0.15, 0.2) is 47.4 Å². The molecule has 22 heavy (non-hydrogen) atoms. The van der Waals surface area contributed by atoms with Crippen LogP contribution in [0, 0.1) is 0 Å². The van der Waals surface area contributed by atoms with E-state index >= 15 is 0 Å². The normalized spacial score (nSPS) is 14.4. The number of sulfone groups is 1. The molecular weight excluding hydrogens is 294 g/mol. The average Bonchev–Trinajstić information content (AvgIpc) is 3.07. The molecule has 0 saturated carbocycles. The second-order valence-corrected chi connectivity index (χ2v) is 7.98. The molecule has 0 amide bonds. The first-order valence-corrected chi connectivity index (χ1v) is 9.36. The van der Waals surface area contributed by atoms with E-state index < -0.39 is 9.84 Å². The molecule has 4 heteroatoms. The second kappa shape index (κ2) is 4.71. The summed E-state index contributed by atoms with van der Waals surface area (Å²) in [5.74, 6) is 0. The summed E-state index contributed by atoms with van der Waals surface area (Å²) in [5, 5.41) is 1.27. The van der Waals surface area contributed by atoms with Crippen molar-refractivity contribution in [3.05, 3.63) is 53.7 Å². The van der Waals surface area contributed by atoms with Crippen molar-refractivity contribution >= 4 is 20.7 Å². The van der Waals surface area contributed by atoms with Crippen LogP contribution in [0.4, 0.5) is 0 Å². The lowest BCUT2D eigenvalue weighted by Crippen LogP contribution is -1.96. The van der Waals surface area contributed by atoms with Crippen molar-refractivity contribution < 1.29 is 8.42 Å². The molecule has 0 fully saturated rings. The predicted molar refractivity (Wildman–Crippen MR) is 88.9 cm³/mol. The molecule has 3 aromatic rings. The van der Waals surface area contributed by atoms with Crippen LogP contribution in [-0.4, -0.2) is 19.7 Å². The molecule has 0 bridgehead atoms. The maximum Gasteiger partial charge on any atom is 0.175 e. The number of hydrogen-bond acceptors (Lipinski definition) is 2. The molecule has 0 spiro atoms. The fourth-order valence-electron chi connectivity index (χ4n) is 3.40. The van der Waals surface area contributed by atoms with Gasteiger partial charge in [0, 0.05) is 22.9 Å². The summed E-state index contributed by atoms with van der Waals surface area (Å²) >= 11 is 0. The molecule has 1 aliphatic carbocycles. The molecule has 112 valence electrons. The number of fused-ring (bicyclic) bond motifs is 3. The maximum atomic E-state index is 11.8. The van der Waals surface area contributed by atoms with Gasteiger partial charge in [0.15, 0.2) is 9.84 Å². The van der Waals surface area contributed by atoms with Gasteiger partial charge in [0.1, 0.15) is 0 Å². The third-order valence-electron chi connectivity index (χ3n) is 4.46. The molecule has 0 unspecified atom stereocenters. The van der Waals surface area contributed by atoms with Crippen molar-refractivity contribution in [2.75, 3.05) is 6.26 Å². The Kier molecular flexibility index (Phi) is 2.91. The maximum absolute atomic E-state index is 11.8. The first kappa shape index (κ1) is 13.6. The molecule has 1 aliphatic rings. The Balaban J connectivity index is 1.96. The number of rotatable bonds is 2. The third kappa shape index (κ3) is 2.06. The summed E-state index contributed by atoms with van der Waals surface area (Å²) in [5.41, 5.74) is 5.89. The first-order chi connectivity index (χ1) is 10.5. The van der Waals surface area contributed by atoms with Crippen molar-refractivity contribution in [3.8, 4) is 11.1 Å². The minimum atomic E-state index is -3.19. The van der Waals surface area contributed by atoms with Crippen LogP contribution in [0.1, 0.15) is 17.7 Å². The Bertz CT molecular complexity index is 983. The minimum Gasteiger partial charge on any atom is -0.358 e. The summed E-state index contributed by atoms with van der Waals surface area (Å²) in [4.78, 5) is 3.91. The standard InChI is InChI=1S/C18H17NO2S/c1-22(20,21)13-6-2-5-12(11-13)14-7-3-9-16-15-8-4-10-17(15)19-18(14)16/h2-3,5-7,9,11,19H,4,8,10H2,1H3. The van der Waals surface area contributed by atoms with Gasteiger partial charge in [0.2, 0.25) is 0 Å². The van der Waals surface area contributed by atoms with Gasteiger partial charge in [0.05, 0.1) is 10.4 Å². The number of H-pyrrole nitrogens is 1. The van der Waals surface area contributed by atoms with Gasteiger partial charge in [-0.2, -0.15) is 0 Å². The predicted octanol–water partition coefficient (Wildman–Crippen LogP) is 3.73. The van der Waals surface area contributed by atoms with Crippen LogP contribution in [0.3, 0.4) is 0 Å². The zero-order chi connectivity index (χ0) is 15.3.